The van der Waals surface area contributed by atoms with Crippen molar-refractivity contribution in [2.24, 2.45) is 7.05 Å². The molecule has 0 aliphatic heterocycles. The predicted octanol–water partition coefficient (Wildman–Crippen LogP) is 3.63. The summed E-state index contributed by atoms with van der Waals surface area (Å²) >= 11 is 7.67. The molecule has 0 spiro atoms. The van der Waals surface area contributed by atoms with Crippen molar-refractivity contribution in [2.45, 2.75) is 23.3 Å². The lowest BCUT2D eigenvalue weighted by atomic mass is 10.3. The molecule has 0 atom stereocenters. The van der Waals surface area contributed by atoms with Crippen molar-refractivity contribution in [3.63, 3.8) is 0 Å². The van der Waals surface area contributed by atoms with Crippen LogP contribution in [0.3, 0.4) is 0 Å². The highest BCUT2D eigenvalue weighted by atomic mass is 35.5. The van der Waals surface area contributed by atoms with Gasteiger partial charge in [-0.15, -0.1) is 0 Å². The summed E-state index contributed by atoms with van der Waals surface area (Å²) in [5.41, 5.74) is 2.71. The molecule has 3 N–H and O–H groups in total. The van der Waals surface area contributed by atoms with Crippen LogP contribution in [0.2, 0.25) is 5.02 Å². The number of aromatic nitrogens is 4. The van der Waals surface area contributed by atoms with E-state index >= 15 is 0 Å². The van der Waals surface area contributed by atoms with Gasteiger partial charge in [0.15, 0.2) is 0 Å². The van der Waals surface area contributed by atoms with Gasteiger partial charge in [-0.05, 0) is 37.3 Å². The van der Waals surface area contributed by atoms with E-state index in [2.05, 4.69) is 26.6 Å². The third-order valence-electron chi connectivity index (χ3n) is 4.73. The Balaban J connectivity index is 1.53. The molecule has 0 saturated heterocycles. The van der Waals surface area contributed by atoms with Crippen LogP contribution < -0.4 is 10.9 Å². The lowest BCUT2D eigenvalue weighted by Gasteiger charge is -2.08. The first kappa shape index (κ1) is 19.4. The number of H-pyrrole nitrogens is 2. The van der Waals surface area contributed by atoms with Crippen LogP contribution in [0, 0.1) is 6.92 Å². The number of nitrogens with zero attached hydrogens (tertiary/aromatic N) is 2. The summed E-state index contributed by atoms with van der Waals surface area (Å²) in [5, 5.41) is 11.2. The predicted molar refractivity (Wildman–Crippen MR) is 114 cm³/mol. The first-order valence-corrected chi connectivity index (χ1v) is 10.0. The van der Waals surface area contributed by atoms with E-state index in [4.69, 9.17) is 11.6 Å². The fourth-order valence-electron chi connectivity index (χ4n) is 2.99. The number of hydrogen-bond acceptors (Lipinski definition) is 4. The van der Waals surface area contributed by atoms with Gasteiger partial charge in [0.25, 0.3) is 5.91 Å². The summed E-state index contributed by atoms with van der Waals surface area (Å²) < 4.78 is 1.85. The third-order valence-corrected chi connectivity index (χ3v) is 6.21. The van der Waals surface area contributed by atoms with Crippen LogP contribution in [0.5, 0.6) is 0 Å². The molecule has 0 unspecified atom stereocenters. The molecule has 7 nitrogen and oxygen atoms in total. The number of aromatic amines is 2. The summed E-state index contributed by atoms with van der Waals surface area (Å²) in [6.45, 7) is 2.11. The molecule has 148 valence electrons. The van der Waals surface area contributed by atoms with E-state index in [0.29, 0.717) is 16.4 Å². The minimum atomic E-state index is -0.262. The van der Waals surface area contributed by atoms with Gasteiger partial charge in [0.1, 0.15) is 5.69 Å². The molecule has 29 heavy (non-hydrogen) atoms. The summed E-state index contributed by atoms with van der Waals surface area (Å²) in [6.07, 6.45) is 1.79. The van der Waals surface area contributed by atoms with Crippen molar-refractivity contribution < 1.29 is 4.79 Å². The molecule has 9 heteroatoms. The van der Waals surface area contributed by atoms with Gasteiger partial charge >= 0.3 is 0 Å². The highest BCUT2D eigenvalue weighted by molar-refractivity contribution is 7.99. The molecule has 0 bridgehead atoms. The first-order valence-electron chi connectivity index (χ1n) is 8.85. The Morgan fingerprint density at radius 1 is 1.28 bits per heavy atom. The maximum Gasteiger partial charge on any atom is 0.268 e. The van der Waals surface area contributed by atoms with Gasteiger partial charge in [0.2, 0.25) is 5.56 Å². The summed E-state index contributed by atoms with van der Waals surface area (Å²) in [6, 6.07) is 10.8. The second-order valence-electron chi connectivity index (χ2n) is 6.59. The SMILES string of the molecule is Cc1c(Sc2ccc3[nH]ncc3c2)cc(C(=O)NCc2[nH]c(=O)ccc2Cl)n1C. The molecule has 0 fully saturated rings. The highest BCUT2D eigenvalue weighted by Gasteiger charge is 2.17. The van der Waals surface area contributed by atoms with Gasteiger partial charge in [-0.3, -0.25) is 14.7 Å². The normalized spacial score (nSPS) is 11.1. The van der Waals surface area contributed by atoms with E-state index in [0.717, 1.165) is 26.4 Å². The van der Waals surface area contributed by atoms with Gasteiger partial charge in [0, 0.05) is 34.0 Å². The molecule has 1 amide bonds. The number of nitrogens with one attached hydrogen (secondary N) is 3. The van der Waals surface area contributed by atoms with E-state index < -0.39 is 0 Å². The maximum absolute atomic E-state index is 12.7. The molecule has 0 radical (unpaired) electrons. The third kappa shape index (κ3) is 3.94. The van der Waals surface area contributed by atoms with Gasteiger partial charge < -0.3 is 14.9 Å². The summed E-state index contributed by atoms with van der Waals surface area (Å²) in [7, 11) is 1.85. The van der Waals surface area contributed by atoms with E-state index in [1.165, 1.54) is 12.1 Å². The molecule has 3 heterocycles. The van der Waals surface area contributed by atoms with Crippen molar-refractivity contribution in [3.8, 4) is 0 Å². The number of pyridine rings is 1. The van der Waals surface area contributed by atoms with Crippen LogP contribution >= 0.6 is 23.4 Å². The van der Waals surface area contributed by atoms with E-state index in [1.807, 2.05) is 36.7 Å². The molecule has 3 aromatic heterocycles. The monoisotopic (exact) mass is 427 g/mol. The molecule has 1 aromatic carbocycles. The van der Waals surface area contributed by atoms with Crippen LogP contribution in [-0.4, -0.2) is 25.7 Å². The van der Waals surface area contributed by atoms with Crippen molar-refractivity contribution >= 4 is 40.2 Å². The quantitative estimate of drug-likeness (QED) is 0.453. The smallest absolute Gasteiger partial charge is 0.268 e. The number of carbonyl (C=O) groups is 1. The zero-order valence-corrected chi connectivity index (χ0v) is 17.3. The standard InChI is InChI=1S/C20H18ClN5O2S/c1-11-18(29-13-3-5-15-12(7-13)9-23-25-15)8-17(26(11)2)20(28)22-10-16-14(21)4-6-19(27)24-16/h3-9H,10H2,1-2H3,(H,22,28)(H,23,25)(H,24,27). The van der Waals surface area contributed by atoms with Crippen molar-refractivity contribution in [2.75, 3.05) is 0 Å². The van der Waals surface area contributed by atoms with Crippen LogP contribution in [0.1, 0.15) is 21.9 Å². The summed E-state index contributed by atoms with van der Waals surface area (Å²) in [4.78, 5) is 28.9. The van der Waals surface area contributed by atoms with Gasteiger partial charge in [-0.25, -0.2) is 0 Å². The minimum Gasteiger partial charge on any atom is -0.345 e. The fourth-order valence-corrected chi connectivity index (χ4v) is 4.20. The average molecular weight is 428 g/mol. The van der Waals surface area contributed by atoms with E-state index in [1.54, 1.807) is 18.0 Å². The van der Waals surface area contributed by atoms with Crippen LogP contribution in [0.4, 0.5) is 0 Å². The Kier molecular flexibility index (Phi) is 5.21. The second-order valence-corrected chi connectivity index (χ2v) is 8.11. The molecule has 4 aromatic rings. The van der Waals surface area contributed by atoms with Gasteiger partial charge in [0.05, 0.1) is 29.0 Å². The number of halogens is 1. The van der Waals surface area contributed by atoms with Gasteiger partial charge in [-0.2, -0.15) is 5.10 Å². The molecule has 4 rings (SSSR count). The van der Waals surface area contributed by atoms with Crippen molar-refractivity contribution in [3.05, 3.63) is 75.1 Å². The van der Waals surface area contributed by atoms with Crippen molar-refractivity contribution in [1.29, 1.82) is 0 Å². The fraction of sp³-hybridized carbons (Fsp3) is 0.150. The minimum absolute atomic E-state index is 0.137. The zero-order chi connectivity index (χ0) is 20.5. The maximum atomic E-state index is 12.7. The first-order chi connectivity index (χ1) is 13.9. The van der Waals surface area contributed by atoms with Crippen LogP contribution in [0.25, 0.3) is 10.9 Å². The second kappa shape index (κ2) is 7.81. The largest absolute Gasteiger partial charge is 0.345 e. The van der Waals surface area contributed by atoms with Gasteiger partial charge in [-0.1, -0.05) is 23.4 Å². The van der Waals surface area contributed by atoms with Crippen molar-refractivity contribution in [1.82, 2.24) is 25.1 Å². The Morgan fingerprint density at radius 2 is 2.10 bits per heavy atom. The molecule has 0 aliphatic carbocycles. The Bertz CT molecular complexity index is 1270. The number of amides is 1. The Hall–Kier alpha value is -2.97. The Labute approximate surface area is 175 Å². The number of hydrogen-bond donors (Lipinski definition) is 3. The summed E-state index contributed by atoms with van der Waals surface area (Å²) in [5.74, 6) is -0.242. The van der Waals surface area contributed by atoms with Crippen LogP contribution in [0.15, 0.2) is 57.2 Å². The lowest BCUT2D eigenvalue weighted by molar-refractivity contribution is 0.0942. The average Bonchev–Trinajstić information content (AvgIpc) is 3.28. The van der Waals surface area contributed by atoms with Crippen LogP contribution in [-0.2, 0) is 13.6 Å². The molecular weight excluding hydrogens is 410 g/mol. The number of carbonyl (C=O) groups excluding carboxylic acids is 1. The molecule has 0 saturated carbocycles. The highest BCUT2D eigenvalue weighted by Crippen LogP contribution is 2.33. The molecule has 0 aliphatic rings. The van der Waals surface area contributed by atoms with E-state index in [9.17, 15) is 9.59 Å². The zero-order valence-electron chi connectivity index (χ0n) is 15.7. The lowest BCUT2D eigenvalue weighted by Crippen LogP contribution is -2.26. The number of rotatable bonds is 5. The number of benzene rings is 1. The van der Waals surface area contributed by atoms with E-state index in [-0.39, 0.29) is 18.0 Å². The Morgan fingerprint density at radius 3 is 2.93 bits per heavy atom. The molecular formula is C20H18ClN5O2S. The number of fused-ring (bicyclic) bond motifs is 1. The topological polar surface area (TPSA) is 95.6 Å².